The number of amides is 2. The van der Waals surface area contributed by atoms with E-state index in [9.17, 15) is 9.59 Å². The third-order valence-electron chi connectivity index (χ3n) is 4.23. The number of hydrogen-bond acceptors (Lipinski definition) is 2. The van der Waals surface area contributed by atoms with E-state index in [0.29, 0.717) is 25.4 Å². The van der Waals surface area contributed by atoms with Crippen LogP contribution in [0.1, 0.15) is 39.7 Å². The smallest absolute Gasteiger partial charge is 0.227 e. The van der Waals surface area contributed by atoms with Crippen LogP contribution in [-0.2, 0) is 16.1 Å². The summed E-state index contributed by atoms with van der Waals surface area (Å²) in [5.41, 5.74) is 1.12. The Kier molecular flexibility index (Phi) is 5.80. The van der Waals surface area contributed by atoms with E-state index < -0.39 is 0 Å². The van der Waals surface area contributed by atoms with E-state index in [0.717, 1.165) is 5.56 Å². The first-order chi connectivity index (χ1) is 10.9. The number of benzene rings is 1. The zero-order chi connectivity index (χ0) is 17.0. The van der Waals surface area contributed by atoms with Crippen LogP contribution in [-0.4, -0.2) is 29.3 Å². The molecule has 1 aromatic carbocycles. The first-order valence-electron chi connectivity index (χ1n) is 8.52. The van der Waals surface area contributed by atoms with Crippen LogP contribution in [0.25, 0.3) is 0 Å². The van der Waals surface area contributed by atoms with E-state index in [1.807, 2.05) is 49.1 Å². The van der Waals surface area contributed by atoms with Crippen molar-refractivity contribution >= 4 is 11.8 Å². The van der Waals surface area contributed by atoms with Gasteiger partial charge in [0.1, 0.15) is 0 Å². The van der Waals surface area contributed by atoms with Crippen molar-refractivity contribution in [3.05, 3.63) is 35.9 Å². The minimum absolute atomic E-state index is 0.0282. The van der Waals surface area contributed by atoms with Crippen molar-refractivity contribution in [1.82, 2.24) is 10.2 Å². The first-order valence-corrected chi connectivity index (χ1v) is 8.52. The van der Waals surface area contributed by atoms with Gasteiger partial charge in [-0.05, 0) is 31.7 Å². The van der Waals surface area contributed by atoms with Crippen LogP contribution < -0.4 is 5.32 Å². The molecular weight excluding hydrogens is 288 g/mol. The molecule has 4 heteroatoms. The fourth-order valence-corrected chi connectivity index (χ4v) is 2.70. The number of nitrogens with one attached hydrogen (secondary N) is 1. The Hall–Kier alpha value is -1.84. The molecule has 1 saturated carbocycles. The lowest BCUT2D eigenvalue weighted by molar-refractivity contribution is -0.136. The maximum Gasteiger partial charge on any atom is 0.227 e. The third kappa shape index (κ3) is 4.81. The van der Waals surface area contributed by atoms with Crippen LogP contribution in [0.15, 0.2) is 30.3 Å². The molecule has 1 aromatic rings. The van der Waals surface area contributed by atoms with E-state index in [4.69, 9.17) is 0 Å². The summed E-state index contributed by atoms with van der Waals surface area (Å²) in [5, 5.41) is 2.94. The van der Waals surface area contributed by atoms with Gasteiger partial charge in [0.2, 0.25) is 11.8 Å². The summed E-state index contributed by atoms with van der Waals surface area (Å²) in [4.78, 5) is 26.7. The van der Waals surface area contributed by atoms with Crippen LogP contribution in [0.2, 0.25) is 0 Å². The highest BCUT2D eigenvalue weighted by Gasteiger charge is 2.49. The van der Waals surface area contributed by atoms with E-state index >= 15 is 0 Å². The second-order valence-corrected chi connectivity index (χ2v) is 7.13. The summed E-state index contributed by atoms with van der Waals surface area (Å²) in [5.74, 6) is 0.276. The minimum atomic E-state index is -0.145. The molecule has 0 aliphatic heterocycles. The molecule has 0 aromatic heterocycles. The van der Waals surface area contributed by atoms with Crippen molar-refractivity contribution in [2.24, 2.45) is 17.8 Å². The molecule has 2 unspecified atom stereocenters. The molecule has 4 nitrogen and oxygen atoms in total. The lowest BCUT2D eigenvalue weighted by Crippen LogP contribution is -2.39. The van der Waals surface area contributed by atoms with Crippen LogP contribution >= 0.6 is 0 Å². The van der Waals surface area contributed by atoms with Crippen LogP contribution in [0.4, 0.5) is 0 Å². The molecule has 0 bridgehead atoms. The van der Waals surface area contributed by atoms with E-state index in [1.165, 1.54) is 0 Å². The summed E-state index contributed by atoms with van der Waals surface area (Å²) in [6, 6.07) is 10.1. The van der Waals surface area contributed by atoms with Gasteiger partial charge in [0.05, 0.1) is 11.8 Å². The van der Waals surface area contributed by atoms with E-state index in [-0.39, 0.29) is 29.7 Å². The minimum Gasteiger partial charge on any atom is -0.356 e. The highest BCUT2D eigenvalue weighted by Crippen LogP contribution is 2.40. The predicted octanol–water partition coefficient (Wildman–Crippen LogP) is 2.83. The van der Waals surface area contributed by atoms with Gasteiger partial charge in [-0.15, -0.1) is 0 Å². The monoisotopic (exact) mass is 316 g/mol. The van der Waals surface area contributed by atoms with Crippen LogP contribution in [0, 0.1) is 17.8 Å². The highest BCUT2D eigenvalue weighted by molar-refractivity contribution is 5.92. The first kappa shape index (κ1) is 17.5. The van der Waals surface area contributed by atoms with Gasteiger partial charge in [-0.3, -0.25) is 9.59 Å². The molecule has 1 fully saturated rings. The Morgan fingerprint density at radius 2 is 1.78 bits per heavy atom. The Labute approximate surface area is 139 Å². The Bertz CT molecular complexity index is 540. The van der Waals surface area contributed by atoms with Gasteiger partial charge < -0.3 is 10.2 Å². The lowest BCUT2D eigenvalue weighted by Gasteiger charge is -2.27. The zero-order valence-corrected chi connectivity index (χ0v) is 14.6. The maximum atomic E-state index is 12.8. The van der Waals surface area contributed by atoms with Crippen molar-refractivity contribution in [2.45, 2.75) is 46.7 Å². The van der Waals surface area contributed by atoms with Gasteiger partial charge in [-0.25, -0.2) is 0 Å². The largest absolute Gasteiger partial charge is 0.356 e. The fourth-order valence-electron chi connectivity index (χ4n) is 2.70. The zero-order valence-electron chi connectivity index (χ0n) is 14.6. The molecule has 0 heterocycles. The molecule has 126 valence electrons. The number of nitrogens with zero attached hydrogens (tertiary/aromatic N) is 1. The molecule has 0 spiro atoms. The molecule has 2 amide bonds. The average Bonchev–Trinajstić information content (AvgIpc) is 3.31. The Morgan fingerprint density at radius 3 is 2.35 bits per heavy atom. The van der Waals surface area contributed by atoms with Gasteiger partial charge in [0.15, 0.2) is 0 Å². The number of carbonyl (C=O) groups is 2. The molecule has 1 N–H and O–H groups in total. The van der Waals surface area contributed by atoms with Crippen molar-refractivity contribution in [2.75, 3.05) is 6.54 Å². The number of carbonyl (C=O) groups excluding carboxylic acids is 2. The second kappa shape index (κ2) is 7.62. The van der Waals surface area contributed by atoms with Gasteiger partial charge in [-0.2, -0.15) is 0 Å². The molecule has 2 atom stereocenters. The Balaban J connectivity index is 1.94. The van der Waals surface area contributed by atoms with E-state index in [1.54, 1.807) is 0 Å². The third-order valence-corrected chi connectivity index (χ3v) is 4.23. The molecular formula is C19H28N2O2. The van der Waals surface area contributed by atoms with Crippen molar-refractivity contribution < 1.29 is 9.59 Å². The SMILES string of the molecule is CC(C)CNC(=O)C1CC1C(=O)N(Cc1ccccc1)C(C)C. The van der Waals surface area contributed by atoms with Crippen molar-refractivity contribution in [1.29, 1.82) is 0 Å². The molecule has 0 radical (unpaired) electrons. The van der Waals surface area contributed by atoms with Crippen LogP contribution in [0.5, 0.6) is 0 Å². The quantitative estimate of drug-likeness (QED) is 0.841. The van der Waals surface area contributed by atoms with Gasteiger partial charge in [0.25, 0.3) is 0 Å². The summed E-state index contributed by atoms with van der Waals surface area (Å²) in [7, 11) is 0. The van der Waals surface area contributed by atoms with Crippen molar-refractivity contribution in [3.63, 3.8) is 0 Å². The van der Waals surface area contributed by atoms with Gasteiger partial charge >= 0.3 is 0 Å². The maximum absolute atomic E-state index is 12.8. The molecule has 23 heavy (non-hydrogen) atoms. The number of rotatable bonds is 7. The summed E-state index contributed by atoms with van der Waals surface area (Å²) in [6.07, 6.45) is 0.681. The van der Waals surface area contributed by atoms with Gasteiger partial charge in [-0.1, -0.05) is 44.2 Å². The van der Waals surface area contributed by atoms with Gasteiger partial charge in [0, 0.05) is 19.1 Å². The highest BCUT2D eigenvalue weighted by atomic mass is 16.2. The molecule has 1 aliphatic carbocycles. The van der Waals surface area contributed by atoms with Crippen molar-refractivity contribution in [3.8, 4) is 0 Å². The van der Waals surface area contributed by atoms with E-state index in [2.05, 4.69) is 19.2 Å². The second-order valence-electron chi connectivity index (χ2n) is 7.13. The topological polar surface area (TPSA) is 49.4 Å². The fraction of sp³-hybridized carbons (Fsp3) is 0.579. The summed E-state index contributed by atoms with van der Waals surface area (Å²) >= 11 is 0. The summed E-state index contributed by atoms with van der Waals surface area (Å²) in [6.45, 7) is 9.46. The predicted molar refractivity (Wildman–Crippen MR) is 91.6 cm³/mol. The molecule has 2 rings (SSSR count). The summed E-state index contributed by atoms with van der Waals surface area (Å²) < 4.78 is 0. The normalized spacial score (nSPS) is 19.7. The lowest BCUT2D eigenvalue weighted by atomic mass is 10.1. The number of hydrogen-bond donors (Lipinski definition) is 1. The average molecular weight is 316 g/mol. The van der Waals surface area contributed by atoms with Crippen LogP contribution in [0.3, 0.4) is 0 Å². The molecule has 1 aliphatic rings. The standard InChI is InChI=1S/C19H28N2O2/c1-13(2)11-20-18(22)16-10-17(16)19(23)21(14(3)4)12-15-8-6-5-7-9-15/h5-9,13-14,16-17H,10-12H2,1-4H3,(H,20,22). The molecule has 0 saturated heterocycles. The Morgan fingerprint density at radius 1 is 1.13 bits per heavy atom.